The quantitative estimate of drug-likeness (QED) is 0.811. The Balaban J connectivity index is 2.22. The summed E-state index contributed by atoms with van der Waals surface area (Å²) >= 11 is 2.17. The molecule has 0 spiro atoms. The van der Waals surface area contributed by atoms with Crippen LogP contribution in [0.3, 0.4) is 0 Å². The van der Waals surface area contributed by atoms with E-state index < -0.39 is 5.82 Å². The number of para-hydroxylation sites is 1. The van der Waals surface area contributed by atoms with Crippen LogP contribution in [0.15, 0.2) is 42.5 Å². The van der Waals surface area contributed by atoms with Gasteiger partial charge in [0.1, 0.15) is 5.82 Å². The topological polar surface area (TPSA) is 29.1 Å². The monoisotopic (exact) mass is 355 g/mol. The van der Waals surface area contributed by atoms with Crippen LogP contribution < -0.4 is 5.32 Å². The number of hydrogen-bond acceptors (Lipinski definition) is 1. The number of benzene rings is 2. The molecule has 2 nitrogen and oxygen atoms in total. The Bertz CT molecular complexity index is 598. The smallest absolute Gasteiger partial charge is 0.255 e. The molecule has 0 aliphatic heterocycles. The highest BCUT2D eigenvalue weighted by atomic mass is 127. The summed E-state index contributed by atoms with van der Waals surface area (Å²) in [5.41, 5.74) is 1.82. The SMILES string of the molecule is Cc1ccc(C(=O)Nc2ccccc2F)cc1I. The first-order valence-electron chi connectivity index (χ1n) is 5.40. The first kappa shape index (κ1) is 13.0. The fraction of sp³-hybridized carbons (Fsp3) is 0.0714. The van der Waals surface area contributed by atoms with Crippen LogP contribution in [0.4, 0.5) is 10.1 Å². The Morgan fingerprint density at radius 1 is 1.22 bits per heavy atom. The molecule has 0 aliphatic rings. The number of carbonyl (C=O) groups excluding carboxylic acids is 1. The zero-order valence-electron chi connectivity index (χ0n) is 9.71. The van der Waals surface area contributed by atoms with Crippen molar-refractivity contribution < 1.29 is 9.18 Å². The first-order chi connectivity index (χ1) is 8.58. The maximum Gasteiger partial charge on any atom is 0.255 e. The van der Waals surface area contributed by atoms with Crippen molar-refractivity contribution in [1.82, 2.24) is 0 Å². The predicted octanol–water partition coefficient (Wildman–Crippen LogP) is 3.99. The first-order valence-corrected chi connectivity index (χ1v) is 6.48. The molecule has 0 aromatic heterocycles. The lowest BCUT2D eigenvalue weighted by Gasteiger charge is -2.07. The largest absolute Gasteiger partial charge is 0.319 e. The number of halogens is 2. The highest BCUT2D eigenvalue weighted by Gasteiger charge is 2.09. The average molecular weight is 355 g/mol. The Labute approximate surface area is 118 Å². The highest BCUT2D eigenvalue weighted by molar-refractivity contribution is 14.1. The predicted molar refractivity (Wildman–Crippen MR) is 78.2 cm³/mol. The van der Waals surface area contributed by atoms with Crippen LogP contribution in [-0.4, -0.2) is 5.91 Å². The fourth-order valence-electron chi connectivity index (χ4n) is 1.49. The maximum atomic E-state index is 13.4. The number of hydrogen-bond donors (Lipinski definition) is 1. The Morgan fingerprint density at radius 2 is 1.94 bits per heavy atom. The molecule has 0 atom stereocenters. The van der Waals surface area contributed by atoms with Gasteiger partial charge in [-0.1, -0.05) is 18.2 Å². The van der Waals surface area contributed by atoms with E-state index in [4.69, 9.17) is 0 Å². The average Bonchev–Trinajstić information content (AvgIpc) is 2.35. The zero-order chi connectivity index (χ0) is 13.1. The number of nitrogens with one attached hydrogen (secondary N) is 1. The van der Waals surface area contributed by atoms with Gasteiger partial charge in [0.05, 0.1) is 5.69 Å². The van der Waals surface area contributed by atoms with Crippen LogP contribution in [0.25, 0.3) is 0 Å². The minimum Gasteiger partial charge on any atom is -0.319 e. The van der Waals surface area contributed by atoms with Gasteiger partial charge in [-0.15, -0.1) is 0 Å². The Kier molecular flexibility index (Phi) is 3.96. The molecule has 0 radical (unpaired) electrons. The van der Waals surface area contributed by atoms with E-state index in [1.807, 2.05) is 13.0 Å². The second kappa shape index (κ2) is 5.48. The molecule has 0 aliphatic carbocycles. The number of carbonyl (C=O) groups is 1. The van der Waals surface area contributed by atoms with Crippen LogP contribution in [0, 0.1) is 16.3 Å². The molecule has 0 heterocycles. The molecule has 2 aromatic carbocycles. The van der Waals surface area contributed by atoms with Crippen LogP contribution in [-0.2, 0) is 0 Å². The molecule has 0 fully saturated rings. The Hall–Kier alpha value is -1.43. The lowest BCUT2D eigenvalue weighted by Crippen LogP contribution is -2.13. The normalized spacial score (nSPS) is 10.2. The molecule has 4 heteroatoms. The molecule has 0 unspecified atom stereocenters. The summed E-state index contributed by atoms with van der Waals surface area (Å²) in [4.78, 5) is 11.9. The van der Waals surface area contributed by atoms with Crippen molar-refractivity contribution >= 4 is 34.2 Å². The molecule has 2 aromatic rings. The van der Waals surface area contributed by atoms with Crippen LogP contribution in [0.1, 0.15) is 15.9 Å². The molecule has 18 heavy (non-hydrogen) atoms. The van der Waals surface area contributed by atoms with Gasteiger partial charge in [-0.3, -0.25) is 4.79 Å². The van der Waals surface area contributed by atoms with Crippen molar-refractivity contribution in [2.75, 3.05) is 5.32 Å². The molecule has 1 N–H and O–H groups in total. The van der Waals surface area contributed by atoms with Gasteiger partial charge in [-0.05, 0) is 59.3 Å². The summed E-state index contributed by atoms with van der Waals surface area (Å²) in [6.45, 7) is 1.97. The van der Waals surface area contributed by atoms with Crippen LogP contribution >= 0.6 is 22.6 Å². The second-order valence-corrected chi connectivity index (χ2v) is 5.06. The number of amides is 1. The van der Waals surface area contributed by atoms with Gasteiger partial charge < -0.3 is 5.32 Å². The molecular weight excluding hydrogens is 344 g/mol. The summed E-state index contributed by atoms with van der Waals surface area (Å²) in [6.07, 6.45) is 0. The fourth-order valence-corrected chi connectivity index (χ4v) is 2.01. The van der Waals surface area contributed by atoms with Crippen molar-refractivity contribution in [3.63, 3.8) is 0 Å². The third-order valence-corrected chi connectivity index (χ3v) is 3.72. The minimum absolute atomic E-state index is 0.193. The summed E-state index contributed by atoms with van der Waals surface area (Å²) < 4.78 is 14.4. The third-order valence-electron chi connectivity index (χ3n) is 2.56. The van der Waals surface area contributed by atoms with E-state index in [0.29, 0.717) is 5.56 Å². The van der Waals surface area contributed by atoms with Gasteiger partial charge in [-0.2, -0.15) is 0 Å². The number of rotatable bonds is 2. The van der Waals surface area contributed by atoms with E-state index in [0.717, 1.165) is 9.13 Å². The van der Waals surface area contributed by atoms with Crippen molar-refractivity contribution in [3.8, 4) is 0 Å². The van der Waals surface area contributed by atoms with Gasteiger partial charge in [0.25, 0.3) is 5.91 Å². The lowest BCUT2D eigenvalue weighted by atomic mass is 10.1. The lowest BCUT2D eigenvalue weighted by molar-refractivity contribution is 0.102. The van der Waals surface area contributed by atoms with Gasteiger partial charge in [-0.25, -0.2) is 4.39 Å². The van der Waals surface area contributed by atoms with E-state index in [1.165, 1.54) is 12.1 Å². The van der Waals surface area contributed by atoms with Crippen molar-refractivity contribution in [1.29, 1.82) is 0 Å². The molecule has 0 saturated heterocycles. The van der Waals surface area contributed by atoms with Crippen LogP contribution in [0.2, 0.25) is 0 Å². The molecular formula is C14H11FINO. The summed E-state index contributed by atoms with van der Waals surface area (Å²) in [5.74, 6) is -0.745. The standard InChI is InChI=1S/C14H11FINO/c1-9-6-7-10(8-12(9)16)14(18)17-13-5-3-2-4-11(13)15/h2-8H,1H3,(H,17,18). The maximum absolute atomic E-state index is 13.4. The molecule has 0 bridgehead atoms. The minimum atomic E-state index is -0.437. The molecule has 0 saturated carbocycles. The molecule has 2 rings (SSSR count). The van der Waals surface area contributed by atoms with E-state index in [9.17, 15) is 9.18 Å². The van der Waals surface area contributed by atoms with Gasteiger partial charge in [0.2, 0.25) is 0 Å². The van der Waals surface area contributed by atoms with Gasteiger partial charge >= 0.3 is 0 Å². The van der Waals surface area contributed by atoms with Crippen molar-refractivity contribution in [3.05, 3.63) is 63.0 Å². The molecule has 1 amide bonds. The summed E-state index contributed by atoms with van der Waals surface area (Å²) in [6, 6.07) is 11.5. The highest BCUT2D eigenvalue weighted by Crippen LogP contribution is 2.17. The molecule has 92 valence electrons. The van der Waals surface area contributed by atoms with Gasteiger partial charge in [0, 0.05) is 9.13 Å². The van der Waals surface area contributed by atoms with Crippen molar-refractivity contribution in [2.45, 2.75) is 6.92 Å². The third kappa shape index (κ3) is 2.87. The zero-order valence-corrected chi connectivity index (χ0v) is 11.9. The Morgan fingerprint density at radius 3 is 2.61 bits per heavy atom. The van der Waals surface area contributed by atoms with E-state index in [1.54, 1.807) is 24.3 Å². The van der Waals surface area contributed by atoms with Crippen molar-refractivity contribution in [2.24, 2.45) is 0 Å². The number of aryl methyl sites for hydroxylation is 1. The summed E-state index contributed by atoms with van der Waals surface area (Å²) in [7, 11) is 0. The van der Waals surface area contributed by atoms with E-state index in [-0.39, 0.29) is 11.6 Å². The van der Waals surface area contributed by atoms with Crippen LogP contribution in [0.5, 0.6) is 0 Å². The van der Waals surface area contributed by atoms with Gasteiger partial charge in [0.15, 0.2) is 0 Å². The number of anilines is 1. The summed E-state index contributed by atoms with van der Waals surface area (Å²) in [5, 5.41) is 2.56. The van der Waals surface area contributed by atoms with E-state index in [2.05, 4.69) is 27.9 Å². The van der Waals surface area contributed by atoms with E-state index >= 15 is 0 Å². The second-order valence-electron chi connectivity index (χ2n) is 3.90.